The third-order valence-corrected chi connectivity index (χ3v) is 2.29. The predicted octanol–water partition coefficient (Wildman–Crippen LogP) is 0.425. The lowest BCUT2D eigenvalue weighted by Crippen LogP contribution is -2.15. The Bertz CT molecular complexity index is 623. The molecule has 0 fully saturated rings. The predicted molar refractivity (Wildman–Crippen MR) is 61.2 cm³/mol. The van der Waals surface area contributed by atoms with Crippen LogP contribution in [-0.4, -0.2) is 15.5 Å². The molecule has 1 aromatic heterocycles. The van der Waals surface area contributed by atoms with Gasteiger partial charge in [-0.3, -0.25) is 9.36 Å². The first kappa shape index (κ1) is 10.7. The molecule has 0 radical (unpaired) electrons. The highest BCUT2D eigenvalue weighted by Crippen LogP contribution is 2.18. The molecule has 0 bridgehead atoms. The van der Waals surface area contributed by atoms with Crippen LogP contribution >= 0.6 is 0 Å². The van der Waals surface area contributed by atoms with E-state index in [4.69, 9.17) is 16.7 Å². The number of nitrogens with zero attached hydrogens (tertiary/aromatic N) is 3. The van der Waals surface area contributed by atoms with Crippen molar-refractivity contribution in [3.63, 3.8) is 0 Å². The number of rotatable bonds is 2. The number of amides is 1. The van der Waals surface area contributed by atoms with Crippen molar-refractivity contribution in [2.75, 3.05) is 5.73 Å². The summed E-state index contributed by atoms with van der Waals surface area (Å²) >= 11 is 0. The maximum Gasteiger partial charge on any atom is 0.250 e. The lowest BCUT2D eigenvalue weighted by atomic mass is 10.1. The van der Waals surface area contributed by atoms with Crippen molar-refractivity contribution < 1.29 is 4.79 Å². The molecule has 0 spiro atoms. The molecule has 6 heteroatoms. The quantitative estimate of drug-likeness (QED) is 0.724. The average Bonchev–Trinajstić information content (AvgIpc) is 2.76. The minimum absolute atomic E-state index is 0.178. The standard InChI is InChI=1S/C11H9N5O/c12-6-10-15-3-4-16(10)9-2-1-7(13)5-8(9)11(14)17/h1-5H,13H2,(H2,14,17). The summed E-state index contributed by atoms with van der Waals surface area (Å²) < 4.78 is 1.49. The molecule has 17 heavy (non-hydrogen) atoms. The maximum atomic E-state index is 11.3. The molecular weight excluding hydrogens is 218 g/mol. The van der Waals surface area contributed by atoms with Gasteiger partial charge in [-0.25, -0.2) is 4.98 Å². The van der Waals surface area contributed by atoms with Crippen molar-refractivity contribution in [2.45, 2.75) is 0 Å². The van der Waals surface area contributed by atoms with Crippen LogP contribution in [0.2, 0.25) is 0 Å². The number of carbonyl (C=O) groups excluding carboxylic acids is 1. The van der Waals surface area contributed by atoms with Gasteiger partial charge in [0.25, 0.3) is 5.91 Å². The van der Waals surface area contributed by atoms with E-state index >= 15 is 0 Å². The van der Waals surface area contributed by atoms with Crippen molar-refractivity contribution in [1.82, 2.24) is 9.55 Å². The molecule has 0 aliphatic rings. The van der Waals surface area contributed by atoms with Crippen LogP contribution in [0, 0.1) is 11.3 Å². The maximum absolute atomic E-state index is 11.3. The topological polar surface area (TPSA) is 111 Å². The van der Waals surface area contributed by atoms with Crippen LogP contribution < -0.4 is 11.5 Å². The minimum atomic E-state index is -0.607. The molecule has 6 nitrogen and oxygen atoms in total. The number of aromatic nitrogens is 2. The largest absolute Gasteiger partial charge is 0.399 e. The van der Waals surface area contributed by atoms with E-state index in [-0.39, 0.29) is 11.4 Å². The second-order valence-electron chi connectivity index (χ2n) is 3.37. The molecule has 2 aromatic rings. The molecule has 0 aliphatic heterocycles. The van der Waals surface area contributed by atoms with Crippen molar-refractivity contribution in [1.29, 1.82) is 5.26 Å². The summed E-state index contributed by atoms with van der Waals surface area (Å²) in [6, 6.07) is 6.65. The van der Waals surface area contributed by atoms with Crippen LogP contribution in [0.15, 0.2) is 30.6 Å². The summed E-state index contributed by atoms with van der Waals surface area (Å²) in [5.41, 5.74) is 12.0. The summed E-state index contributed by atoms with van der Waals surface area (Å²) in [7, 11) is 0. The Balaban J connectivity index is 2.68. The van der Waals surface area contributed by atoms with Gasteiger partial charge in [0.05, 0.1) is 11.3 Å². The zero-order valence-corrected chi connectivity index (χ0v) is 8.79. The zero-order chi connectivity index (χ0) is 12.4. The number of nitriles is 1. The van der Waals surface area contributed by atoms with E-state index < -0.39 is 5.91 Å². The average molecular weight is 227 g/mol. The normalized spacial score (nSPS) is 9.82. The second-order valence-corrected chi connectivity index (χ2v) is 3.37. The van der Waals surface area contributed by atoms with Crippen molar-refractivity contribution >= 4 is 11.6 Å². The lowest BCUT2D eigenvalue weighted by molar-refractivity contribution is 0.100. The first-order chi connectivity index (χ1) is 8.13. The number of primary amides is 1. The fourth-order valence-electron chi connectivity index (χ4n) is 1.54. The molecule has 1 heterocycles. The second kappa shape index (κ2) is 3.98. The summed E-state index contributed by atoms with van der Waals surface area (Å²) in [6.45, 7) is 0. The molecule has 0 aliphatic carbocycles. The Morgan fingerprint density at radius 3 is 2.88 bits per heavy atom. The van der Waals surface area contributed by atoms with Gasteiger partial charge in [0.2, 0.25) is 5.82 Å². The van der Waals surface area contributed by atoms with Gasteiger partial charge in [-0.2, -0.15) is 5.26 Å². The Hall–Kier alpha value is -2.81. The molecule has 0 saturated carbocycles. The van der Waals surface area contributed by atoms with Crippen LogP contribution in [0.25, 0.3) is 5.69 Å². The fraction of sp³-hybridized carbons (Fsp3) is 0. The highest BCUT2D eigenvalue weighted by Gasteiger charge is 2.12. The first-order valence-corrected chi connectivity index (χ1v) is 4.76. The molecule has 1 amide bonds. The summed E-state index contributed by atoms with van der Waals surface area (Å²) in [5, 5.41) is 8.88. The van der Waals surface area contributed by atoms with Crippen molar-refractivity contribution in [3.8, 4) is 11.8 Å². The van der Waals surface area contributed by atoms with Crippen molar-refractivity contribution in [2.24, 2.45) is 5.73 Å². The zero-order valence-electron chi connectivity index (χ0n) is 8.79. The number of carbonyl (C=O) groups is 1. The minimum Gasteiger partial charge on any atom is -0.399 e. The van der Waals surface area contributed by atoms with Gasteiger partial charge in [0.1, 0.15) is 6.07 Å². The van der Waals surface area contributed by atoms with Crippen LogP contribution in [0.4, 0.5) is 5.69 Å². The molecular formula is C11H9N5O. The molecule has 0 atom stereocenters. The highest BCUT2D eigenvalue weighted by molar-refractivity contribution is 5.97. The van der Waals surface area contributed by atoms with Gasteiger partial charge in [0.15, 0.2) is 0 Å². The van der Waals surface area contributed by atoms with E-state index in [0.717, 1.165) is 0 Å². The number of nitrogens with two attached hydrogens (primary N) is 2. The van der Waals surface area contributed by atoms with Gasteiger partial charge in [-0.15, -0.1) is 0 Å². The Morgan fingerprint density at radius 2 is 2.24 bits per heavy atom. The number of benzene rings is 1. The number of hydrogen-bond acceptors (Lipinski definition) is 4. The van der Waals surface area contributed by atoms with E-state index in [9.17, 15) is 4.79 Å². The van der Waals surface area contributed by atoms with E-state index in [0.29, 0.717) is 11.4 Å². The Labute approximate surface area is 97.1 Å². The van der Waals surface area contributed by atoms with E-state index in [1.165, 1.54) is 16.8 Å². The van der Waals surface area contributed by atoms with E-state index in [1.54, 1.807) is 18.3 Å². The lowest BCUT2D eigenvalue weighted by Gasteiger charge is -2.09. The highest BCUT2D eigenvalue weighted by atomic mass is 16.1. The van der Waals surface area contributed by atoms with E-state index in [1.807, 2.05) is 6.07 Å². The fourth-order valence-corrected chi connectivity index (χ4v) is 1.54. The monoisotopic (exact) mass is 227 g/mol. The molecule has 0 saturated heterocycles. The SMILES string of the molecule is N#Cc1nccn1-c1ccc(N)cc1C(N)=O. The number of hydrogen-bond donors (Lipinski definition) is 2. The summed E-state index contributed by atoms with van der Waals surface area (Å²) in [4.78, 5) is 15.2. The molecule has 4 N–H and O–H groups in total. The smallest absolute Gasteiger partial charge is 0.250 e. The third-order valence-electron chi connectivity index (χ3n) is 2.29. The van der Waals surface area contributed by atoms with Crippen molar-refractivity contribution in [3.05, 3.63) is 42.0 Å². The number of anilines is 1. The van der Waals surface area contributed by atoms with Crippen LogP contribution in [0.3, 0.4) is 0 Å². The van der Waals surface area contributed by atoms with Gasteiger partial charge in [-0.1, -0.05) is 0 Å². The van der Waals surface area contributed by atoms with Gasteiger partial charge < -0.3 is 11.5 Å². The summed E-state index contributed by atoms with van der Waals surface area (Å²) in [6.07, 6.45) is 3.05. The van der Waals surface area contributed by atoms with Crippen LogP contribution in [0.5, 0.6) is 0 Å². The van der Waals surface area contributed by atoms with Gasteiger partial charge in [-0.05, 0) is 18.2 Å². The van der Waals surface area contributed by atoms with E-state index in [2.05, 4.69) is 4.98 Å². The third kappa shape index (κ3) is 1.81. The first-order valence-electron chi connectivity index (χ1n) is 4.76. The summed E-state index contributed by atoms with van der Waals surface area (Å²) in [5.74, 6) is -0.429. The number of nitrogen functional groups attached to an aromatic ring is 1. The number of imidazole rings is 1. The van der Waals surface area contributed by atoms with Crippen LogP contribution in [0.1, 0.15) is 16.2 Å². The Kier molecular flexibility index (Phi) is 2.51. The molecule has 2 rings (SSSR count). The van der Waals surface area contributed by atoms with Gasteiger partial charge in [0, 0.05) is 18.1 Å². The molecule has 1 aromatic carbocycles. The van der Waals surface area contributed by atoms with Gasteiger partial charge >= 0.3 is 0 Å². The molecule has 84 valence electrons. The Morgan fingerprint density at radius 1 is 1.47 bits per heavy atom. The van der Waals surface area contributed by atoms with Crippen LogP contribution in [-0.2, 0) is 0 Å². The molecule has 0 unspecified atom stereocenters.